The van der Waals surface area contributed by atoms with Gasteiger partial charge >= 0.3 is 0 Å². The van der Waals surface area contributed by atoms with Crippen molar-refractivity contribution in [3.63, 3.8) is 0 Å². The zero-order chi connectivity index (χ0) is 14.5. The Morgan fingerprint density at radius 2 is 2.10 bits per heavy atom. The first kappa shape index (κ1) is 14.3. The van der Waals surface area contributed by atoms with Crippen molar-refractivity contribution in [2.45, 2.75) is 19.6 Å². The third-order valence-electron chi connectivity index (χ3n) is 2.83. The molecule has 0 fully saturated rings. The summed E-state index contributed by atoms with van der Waals surface area (Å²) in [4.78, 5) is 4.25. The number of pyridine rings is 1. The van der Waals surface area contributed by atoms with E-state index in [0.717, 1.165) is 5.69 Å². The van der Waals surface area contributed by atoms with E-state index in [2.05, 4.69) is 4.98 Å². The van der Waals surface area contributed by atoms with Gasteiger partial charge in [0.1, 0.15) is 18.2 Å². The highest BCUT2D eigenvalue weighted by molar-refractivity contribution is 5.36. The van der Waals surface area contributed by atoms with Crippen LogP contribution in [0, 0.1) is 5.82 Å². The van der Waals surface area contributed by atoms with Crippen molar-refractivity contribution in [3.8, 4) is 11.6 Å². The number of nitrogens with zero attached hydrogens (tertiary/aromatic N) is 1. The van der Waals surface area contributed by atoms with E-state index in [1.165, 1.54) is 12.1 Å². The van der Waals surface area contributed by atoms with E-state index >= 15 is 0 Å². The summed E-state index contributed by atoms with van der Waals surface area (Å²) in [6, 6.07) is 9.43. The van der Waals surface area contributed by atoms with Crippen molar-refractivity contribution >= 4 is 0 Å². The number of nitrogens with two attached hydrogens (primary N) is 1. The summed E-state index contributed by atoms with van der Waals surface area (Å²) in [6.07, 6.45) is 0. The first-order valence-electron chi connectivity index (χ1n) is 6.28. The fraction of sp³-hybridized carbons (Fsp3) is 0.267. The maximum absolute atomic E-state index is 13.2. The van der Waals surface area contributed by atoms with Gasteiger partial charge in [0.25, 0.3) is 0 Å². The third-order valence-corrected chi connectivity index (χ3v) is 2.83. The monoisotopic (exact) mass is 276 g/mol. The SMILES string of the molecule is COc1cccc(COc2ccc(F)cc2C(C)N)n1. The molecule has 0 aliphatic heterocycles. The Balaban J connectivity index is 2.14. The molecule has 0 saturated carbocycles. The zero-order valence-electron chi connectivity index (χ0n) is 11.5. The fourth-order valence-corrected chi connectivity index (χ4v) is 1.81. The molecule has 0 bridgehead atoms. The van der Waals surface area contributed by atoms with Gasteiger partial charge in [0.15, 0.2) is 0 Å². The predicted molar refractivity (Wildman–Crippen MR) is 74.1 cm³/mol. The first-order chi connectivity index (χ1) is 9.60. The van der Waals surface area contributed by atoms with Gasteiger partial charge < -0.3 is 15.2 Å². The summed E-state index contributed by atoms with van der Waals surface area (Å²) in [5.41, 5.74) is 7.17. The number of methoxy groups -OCH3 is 1. The Labute approximate surface area is 117 Å². The zero-order valence-corrected chi connectivity index (χ0v) is 11.5. The summed E-state index contributed by atoms with van der Waals surface area (Å²) in [7, 11) is 1.56. The number of hydrogen-bond acceptors (Lipinski definition) is 4. The van der Waals surface area contributed by atoms with Crippen LogP contribution in [0.5, 0.6) is 11.6 Å². The van der Waals surface area contributed by atoms with Crippen LogP contribution in [-0.4, -0.2) is 12.1 Å². The minimum atomic E-state index is -0.329. The van der Waals surface area contributed by atoms with Crippen molar-refractivity contribution in [1.29, 1.82) is 0 Å². The van der Waals surface area contributed by atoms with Crippen molar-refractivity contribution in [2.24, 2.45) is 5.73 Å². The van der Waals surface area contributed by atoms with Crippen molar-refractivity contribution < 1.29 is 13.9 Å². The summed E-state index contributed by atoms with van der Waals surface area (Å²) in [5, 5.41) is 0. The molecule has 1 aromatic heterocycles. The maximum atomic E-state index is 13.2. The molecule has 1 heterocycles. The molecule has 1 unspecified atom stereocenters. The molecule has 20 heavy (non-hydrogen) atoms. The van der Waals surface area contributed by atoms with Crippen molar-refractivity contribution in [2.75, 3.05) is 7.11 Å². The lowest BCUT2D eigenvalue weighted by molar-refractivity contribution is 0.293. The Morgan fingerprint density at radius 3 is 2.80 bits per heavy atom. The molecular formula is C15H17FN2O2. The van der Waals surface area contributed by atoms with E-state index in [9.17, 15) is 4.39 Å². The fourth-order valence-electron chi connectivity index (χ4n) is 1.81. The second-order valence-corrected chi connectivity index (χ2v) is 4.43. The average Bonchev–Trinajstić information content (AvgIpc) is 2.46. The van der Waals surface area contributed by atoms with Gasteiger partial charge in [-0.15, -0.1) is 0 Å². The minimum absolute atomic E-state index is 0.266. The molecule has 106 valence electrons. The molecule has 0 saturated heterocycles. The van der Waals surface area contributed by atoms with E-state index in [4.69, 9.17) is 15.2 Å². The van der Waals surface area contributed by atoms with E-state index in [1.807, 2.05) is 12.1 Å². The highest BCUT2D eigenvalue weighted by Gasteiger charge is 2.10. The van der Waals surface area contributed by atoms with Gasteiger partial charge in [-0.25, -0.2) is 9.37 Å². The second kappa shape index (κ2) is 6.34. The van der Waals surface area contributed by atoms with E-state index < -0.39 is 0 Å². The number of rotatable bonds is 5. The second-order valence-electron chi connectivity index (χ2n) is 4.43. The van der Waals surface area contributed by atoms with Gasteiger partial charge in [0.2, 0.25) is 5.88 Å². The average molecular weight is 276 g/mol. The van der Waals surface area contributed by atoms with Gasteiger partial charge in [-0.3, -0.25) is 0 Å². The Kier molecular flexibility index (Phi) is 4.53. The molecule has 0 radical (unpaired) electrons. The van der Waals surface area contributed by atoms with Crippen LogP contribution in [0.2, 0.25) is 0 Å². The van der Waals surface area contributed by atoms with E-state index in [-0.39, 0.29) is 18.5 Å². The summed E-state index contributed by atoms with van der Waals surface area (Å²) >= 11 is 0. The molecule has 4 nitrogen and oxygen atoms in total. The van der Waals surface area contributed by atoms with Crippen molar-refractivity contribution in [3.05, 3.63) is 53.5 Å². The van der Waals surface area contributed by atoms with Crippen LogP contribution in [0.25, 0.3) is 0 Å². The summed E-state index contributed by atoms with van der Waals surface area (Å²) in [6.45, 7) is 2.05. The molecule has 2 aromatic rings. The smallest absolute Gasteiger partial charge is 0.213 e. The molecular weight excluding hydrogens is 259 g/mol. The normalized spacial score (nSPS) is 12.0. The van der Waals surface area contributed by atoms with Gasteiger partial charge in [0, 0.05) is 17.7 Å². The van der Waals surface area contributed by atoms with Gasteiger partial charge in [-0.1, -0.05) is 6.07 Å². The maximum Gasteiger partial charge on any atom is 0.213 e. The molecule has 0 aliphatic carbocycles. The van der Waals surface area contributed by atoms with Crippen LogP contribution >= 0.6 is 0 Å². The molecule has 1 atom stereocenters. The Bertz CT molecular complexity index is 588. The van der Waals surface area contributed by atoms with Gasteiger partial charge in [-0.05, 0) is 31.2 Å². The molecule has 1 aromatic carbocycles. The number of benzene rings is 1. The quantitative estimate of drug-likeness (QED) is 0.912. The topological polar surface area (TPSA) is 57.4 Å². The summed E-state index contributed by atoms with van der Waals surface area (Å²) < 4.78 is 24.0. The third kappa shape index (κ3) is 3.45. The number of aromatic nitrogens is 1. The lowest BCUT2D eigenvalue weighted by atomic mass is 10.1. The van der Waals surface area contributed by atoms with Gasteiger partial charge in [-0.2, -0.15) is 0 Å². The number of hydrogen-bond donors (Lipinski definition) is 1. The Morgan fingerprint density at radius 1 is 1.30 bits per heavy atom. The summed E-state index contributed by atoms with van der Waals surface area (Å²) in [5.74, 6) is 0.757. The molecule has 0 spiro atoms. The van der Waals surface area contributed by atoms with E-state index in [0.29, 0.717) is 17.2 Å². The molecule has 2 rings (SSSR count). The van der Waals surface area contributed by atoms with Crippen LogP contribution in [0.4, 0.5) is 4.39 Å². The molecule has 0 amide bonds. The molecule has 2 N–H and O–H groups in total. The van der Waals surface area contributed by atoms with Crippen LogP contribution < -0.4 is 15.2 Å². The minimum Gasteiger partial charge on any atom is -0.487 e. The lowest BCUT2D eigenvalue weighted by Gasteiger charge is -2.14. The Hall–Kier alpha value is -2.14. The lowest BCUT2D eigenvalue weighted by Crippen LogP contribution is -2.09. The highest BCUT2D eigenvalue weighted by atomic mass is 19.1. The highest BCUT2D eigenvalue weighted by Crippen LogP contribution is 2.25. The standard InChI is InChI=1S/C15H17FN2O2/c1-10(17)13-8-11(16)6-7-14(13)20-9-12-4-3-5-15(18-12)19-2/h3-8,10H,9,17H2,1-2H3. The largest absolute Gasteiger partial charge is 0.487 e. The van der Waals surface area contributed by atoms with Gasteiger partial charge in [0.05, 0.1) is 12.8 Å². The number of halogens is 1. The van der Waals surface area contributed by atoms with Crippen LogP contribution in [0.15, 0.2) is 36.4 Å². The molecule has 5 heteroatoms. The first-order valence-corrected chi connectivity index (χ1v) is 6.28. The molecule has 0 aliphatic rings. The van der Waals surface area contributed by atoms with E-state index in [1.54, 1.807) is 26.2 Å². The predicted octanol–water partition coefficient (Wildman–Crippen LogP) is 2.83. The van der Waals surface area contributed by atoms with Crippen LogP contribution in [0.3, 0.4) is 0 Å². The van der Waals surface area contributed by atoms with Crippen LogP contribution in [0.1, 0.15) is 24.2 Å². The number of ether oxygens (including phenoxy) is 2. The van der Waals surface area contributed by atoms with Crippen LogP contribution in [-0.2, 0) is 6.61 Å². The van der Waals surface area contributed by atoms with Crippen molar-refractivity contribution in [1.82, 2.24) is 4.98 Å².